The maximum Gasteiger partial charge on any atom is 0.375 e. The topological polar surface area (TPSA) is 124 Å². The van der Waals surface area contributed by atoms with E-state index in [1.165, 1.54) is 13.2 Å². The zero-order valence-corrected chi connectivity index (χ0v) is 21.7. The first kappa shape index (κ1) is 26.2. The van der Waals surface area contributed by atoms with Crippen molar-refractivity contribution in [2.75, 3.05) is 27.6 Å². The van der Waals surface area contributed by atoms with Crippen LogP contribution in [0.1, 0.15) is 51.3 Å². The van der Waals surface area contributed by atoms with Crippen LogP contribution < -0.4 is 14.2 Å². The minimum absolute atomic E-state index is 0.0779. The lowest BCUT2D eigenvalue weighted by molar-refractivity contribution is -0.154. The maximum atomic E-state index is 13.9. The summed E-state index contributed by atoms with van der Waals surface area (Å²) in [7, 11) is 2.33. The highest BCUT2D eigenvalue weighted by Gasteiger charge is 2.58. The SMILES string of the molecule is C/C=C(/C)C(=O)O[C@H]1c2cc3c(c4c2C(C(=O)C(=O)OC)(CO4)/C(=C\C(=O)OC)C[C@@H](C)[C@H]1C)OCO3. The van der Waals surface area contributed by atoms with Gasteiger partial charge < -0.3 is 28.4 Å². The molecule has 0 aromatic heterocycles. The third kappa shape index (κ3) is 4.14. The molecule has 2 heterocycles. The van der Waals surface area contributed by atoms with Crippen molar-refractivity contribution < 1.29 is 47.6 Å². The molecule has 4 atom stereocenters. The maximum absolute atomic E-state index is 13.9. The van der Waals surface area contributed by atoms with E-state index in [1.54, 1.807) is 26.0 Å². The van der Waals surface area contributed by atoms with Crippen LogP contribution in [0.15, 0.2) is 29.4 Å². The predicted octanol–water partition coefficient (Wildman–Crippen LogP) is 3.11. The molecule has 1 aliphatic carbocycles. The fourth-order valence-corrected chi connectivity index (χ4v) is 5.10. The molecular formula is C27H30O10. The summed E-state index contributed by atoms with van der Waals surface area (Å²) in [5.74, 6) is -2.87. The Morgan fingerprint density at radius 1 is 1.03 bits per heavy atom. The Kier molecular flexibility index (Phi) is 7.03. The van der Waals surface area contributed by atoms with Crippen molar-refractivity contribution in [1.29, 1.82) is 0 Å². The summed E-state index contributed by atoms with van der Waals surface area (Å²) in [4.78, 5) is 52.0. The summed E-state index contributed by atoms with van der Waals surface area (Å²) in [5, 5.41) is 0. The average molecular weight is 515 g/mol. The van der Waals surface area contributed by atoms with E-state index in [0.717, 1.165) is 7.11 Å². The second-order valence-electron chi connectivity index (χ2n) is 9.45. The number of Topliss-reactive ketones (excluding diaryl/α,β-unsaturated/α-hetero) is 1. The van der Waals surface area contributed by atoms with Gasteiger partial charge in [-0.25, -0.2) is 14.4 Å². The molecule has 10 nitrogen and oxygen atoms in total. The zero-order chi connectivity index (χ0) is 27.1. The van der Waals surface area contributed by atoms with Gasteiger partial charge in [-0.2, -0.15) is 0 Å². The lowest BCUT2D eigenvalue weighted by Crippen LogP contribution is -2.47. The molecule has 37 heavy (non-hydrogen) atoms. The van der Waals surface area contributed by atoms with Crippen LogP contribution in [0.25, 0.3) is 0 Å². The average Bonchev–Trinajstić information content (AvgIpc) is 3.53. The summed E-state index contributed by atoms with van der Waals surface area (Å²) in [6.07, 6.45) is 2.26. The molecule has 2 aliphatic heterocycles. The molecule has 198 valence electrons. The first-order valence-corrected chi connectivity index (χ1v) is 12.0. The molecule has 0 saturated heterocycles. The Balaban J connectivity index is 2.08. The molecule has 0 radical (unpaired) electrons. The standard InChI is InChI=1S/C27H30O10/c1-7-13(2)25(30)37-21-15(4)14(3)8-16(9-19(28)32-5)27(24(29)26(31)33-6)11-34-23-20(27)17(21)10-18-22(23)36-12-35-18/h7,9-10,14-15,21H,8,11-12H2,1-6H3/b13-7-,16-9-/t14-,15-,21-,27?/m1/s1. The van der Waals surface area contributed by atoms with E-state index in [1.807, 2.05) is 13.8 Å². The first-order valence-electron chi connectivity index (χ1n) is 12.0. The molecule has 0 bridgehead atoms. The number of carbonyl (C=O) groups excluding carboxylic acids is 4. The molecule has 1 aromatic carbocycles. The van der Waals surface area contributed by atoms with E-state index < -0.39 is 35.2 Å². The van der Waals surface area contributed by atoms with Gasteiger partial charge in [-0.15, -0.1) is 0 Å². The van der Waals surface area contributed by atoms with Crippen molar-refractivity contribution in [3.8, 4) is 17.2 Å². The Bertz CT molecular complexity index is 1230. The van der Waals surface area contributed by atoms with Gasteiger partial charge >= 0.3 is 17.9 Å². The summed E-state index contributed by atoms with van der Waals surface area (Å²) in [6.45, 7) is 6.86. The minimum Gasteiger partial charge on any atom is -0.487 e. The number of methoxy groups -OCH3 is 2. The van der Waals surface area contributed by atoms with E-state index in [4.69, 9.17) is 28.4 Å². The van der Waals surface area contributed by atoms with Crippen LogP contribution in [-0.4, -0.2) is 51.3 Å². The molecule has 0 spiro atoms. The van der Waals surface area contributed by atoms with Crippen LogP contribution in [0, 0.1) is 11.8 Å². The highest BCUT2D eigenvalue weighted by Crippen LogP contribution is 2.59. The second kappa shape index (κ2) is 9.91. The van der Waals surface area contributed by atoms with Gasteiger partial charge in [0.25, 0.3) is 5.78 Å². The molecule has 0 N–H and O–H groups in total. The van der Waals surface area contributed by atoms with Crippen molar-refractivity contribution in [3.63, 3.8) is 0 Å². The third-order valence-electron chi connectivity index (χ3n) is 7.52. The van der Waals surface area contributed by atoms with Crippen LogP contribution in [-0.2, 0) is 38.8 Å². The van der Waals surface area contributed by atoms with Crippen LogP contribution in [0.5, 0.6) is 17.2 Å². The number of allylic oxidation sites excluding steroid dienone is 1. The molecule has 10 heteroatoms. The van der Waals surface area contributed by atoms with Crippen LogP contribution in [0.2, 0.25) is 0 Å². The van der Waals surface area contributed by atoms with Gasteiger partial charge in [-0.05, 0) is 37.8 Å². The minimum atomic E-state index is -1.73. The number of carbonyl (C=O) groups is 4. The normalized spacial score (nSPS) is 26.9. The summed E-state index contributed by atoms with van der Waals surface area (Å²) >= 11 is 0. The quantitative estimate of drug-likeness (QED) is 0.251. The summed E-state index contributed by atoms with van der Waals surface area (Å²) in [5.41, 5.74) is -0.263. The molecule has 1 aromatic rings. The van der Waals surface area contributed by atoms with E-state index in [9.17, 15) is 19.2 Å². The van der Waals surface area contributed by atoms with Crippen LogP contribution in [0.4, 0.5) is 0 Å². The number of hydrogen-bond acceptors (Lipinski definition) is 10. The zero-order valence-electron chi connectivity index (χ0n) is 21.7. The highest BCUT2D eigenvalue weighted by atomic mass is 16.7. The lowest BCUT2D eigenvalue weighted by Gasteiger charge is -2.39. The summed E-state index contributed by atoms with van der Waals surface area (Å²) in [6, 6.07) is 1.66. The fourth-order valence-electron chi connectivity index (χ4n) is 5.10. The predicted molar refractivity (Wildman–Crippen MR) is 128 cm³/mol. The molecule has 4 rings (SSSR count). The molecular weight excluding hydrogens is 484 g/mol. The van der Waals surface area contributed by atoms with Gasteiger partial charge in [0.05, 0.1) is 14.2 Å². The molecule has 1 unspecified atom stereocenters. The Hall–Kier alpha value is -3.82. The third-order valence-corrected chi connectivity index (χ3v) is 7.52. The van der Waals surface area contributed by atoms with Gasteiger partial charge in [0.15, 0.2) is 11.5 Å². The molecule has 3 aliphatic rings. The Labute approximate surface area is 214 Å². The van der Waals surface area contributed by atoms with Crippen molar-refractivity contribution >= 4 is 23.7 Å². The van der Waals surface area contributed by atoms with Crippen molar-refractivity contribution in [2.45, 2.75) is 45.6 Å². The second-order valence-corrected chi connectivity index (χ2v) is 9.45. The van der Waals surface area contributed by atoms with Gasteiger partial charge in [0, 0.05) is 28.7 Å². The number of ketones is 1. The highest BCUT2D eigenvalue weighted by molar-refractivity contribution is 6.38. The fraction of sp³-hybridized carbons (Fsp3) is 0.481. The Morgan fingerprint density at radius 2 is 1.76 bits per heavy atom. The number of rotatable bonds is 5. The number of fused-ring (bicyclic) bond motifs is 2. The van der Waals surface area contributed by atoms with E-state index in [-0.39, 0.29) is 48.7 Å². The van der Waals surface area contributed by atoms with Gasteiger partial charge in [-0.3, -0.25) is 4.79 Å². The number of ether oxygens (including phenoxy) is 6. The van der Waals surface area contributed by atoms with Gasteiger partial charge in [0.1, 0.15) is 18.1 Å². The number of esters is 3. The van der Waals surface area contributed by atoms with Crippen molar-refractivity contribution in [3.05, 3.63) is 40.5 Å². The van der Waals surface area contributed by atoms with Crippen LogP contribution in [0.3, 0.4) is 0 Å². The smallest absolute Gasteiger partial charge is 0.375 e. The van der Waals surface area contributed by atoms with Gasteiger partial charge in [0.2, 0.25) is 12.5 Å². The summed E-state index contributed by atoms with van der Waals surface area (Å²) < 4.78 is 33.1. The number of benzene rings is 1. The molecule has 0 saturated carbocycles. The molecule has 0 fully saturated rings. The monoisotopic (exact) mass is 514 g/mol. The van der Waals surface area contributed by atoms with Crippen molar-refractivity contribution in [1.82, 2.24) is 0 Å². The van der Waals surface area contributed by atoms with Crippen LogP contribution >= 0.6 is 0 Å². The lowest BCUT2D eigenvalue weighted by atomic mass is 9.63. The Morgan fingerprint density at radius 3 is 2.41 bits per heavy atom. The largest absolute Gasteiger partial charge is 0.487 e. The van der Waals surface area contributed by atoms with E-state index in [2.05, 4.69) is 0 Å². The first-order chi connectivity index (χ1) is 17.6. The number of hydrogen-bond donors (Lipinski definition) is 0. The van der Waals surface area contributed by atoms with E-state index >= 15 is 0 Å². The van der Waals surface area contributed by atoms with E-state index in [0.29, 0.717) is 22.5 Å². The molecule has 0 amide bonds. The van der Waals surface area contributed by atoms with Crippen molar-refractivity contribution in [2.24, 2.45) is 11.8 Å². The van der Waals surface area contributed by atoms with Gasteiger partial charge in [-0.1, -0.05) is 19.9 Å².